The Labute approximate surface area is 95.6 Å². The summed E-state index contributed by atoms with van der Waals surface area (Å²) in [5, 5.41) is 11.0. The molecule has 16 heavy (non-hydrogen) atoms. The number of rotatable bonds is 4. The average molecular weight is 238 g/mol. The predicted molar refractivity (Wildman–Crippen MR) is 60.1 cm³/mol. The summed E-state index contributed by atoms with van der Waals surface area (Å²) in [7, 11) is 0. The molecule has 2 aromatic rings. The standard InChI is InChI=1S/C10H10N2O3S/c13-4-5-15-12-9(14)8-6-16-10-7(8)2-1-3-11-10/h1-3,6,13H,4-5H2,(H,12,14). The highest BCUT2D eigenvalue weighted by Gasteiger charge is 2.12. The van der Waals surface area contributed by atoms with Crippen LogP contribution in [0, 0.1) is 0 Å². The first-order valence-corrected chi connectivity index (χ1v) is 5.56. The lowest BCUT2D eigenvalue weighted by Gasteiger charge is -2.02. The number of fused-ring (bicyclic) bond motifs is 1. The number of thiophene rings is 1. The third kappa shape index (κ3) is 2.19. The number of pyridine rings is 1. The zero-order valence-electron chi connectivity index (χ0n) is 8.34. The summed E-state index contributed by atoms with van der Waals surface area (Å²) in [4.78, 5) is 21.4. The average Bonchev–Trinajstić information content (AvgIpc) is 2.73. The molecule has 0 aliphatic heterocycles. The molecule has 2 aromatic heterocycles. The van der Waals surface area contributed by atoms with E-state index in [9.17, 15) is 4.79 Å². The lowest BCUT2D eigenvalue weighted by atomic mass is 10.2. The molecule has 0 saturated carbocycles. The van der Waals surface area contributed by atoms with Crippen molar-refractivity contribution in [1.29, 1.82) is 0 Å². The van der Waals surface area contributed by atoms with Crippen LogP contribution in [-0.4, -0.2) is 29.2 Å². The lowest BCUT2D eigenvalue weighted by Crippen LogP contribution is -2.24. The van der Waals surface area contributed by atoms with Crippen molar-refractivity contribution in [3.8, 4) is 0 Å². The SMILES string of the molecule is O=C(NOCCO)c1csc2ncccc12. The van der Waals surface area contributed by atoms with E-state index in [1.54, 1.807) is 17.6 Å². The van der Waals surface area contributed by atoms with Crippen molar-refractivity contribution in [2.24, 2.45) is 0 Å². The van der Waals surface area contributed by atoms with E-state index in [-0.39, 0.29) is 19.1 Å². The predicted octanol–water partition coefficient (Wildman–Crippen LogP) is 0.950. The molecule has 0 spiro atoms. The molecule has 0 aromatic carbocycles. The van der Waals surface area contributed by atoms with E-state index in [4.69, 9.17) is 9.94 Å². The molecule has 1 amide bonds. The minimum atomic E-state index is -0.326. The Bertz CT molecular complexity index is 498. The van der Waals surface area contributed by atoms with Crippen molar-refractivity contribution in [2.45, 2.75) is 0 Å². The number of amides is 1. The molecule has 0 fully saturated rings. The molecule has 0 saturated heterocycles. The Balaban J connectivity index is 2.17. The van der Waals surface area contributed by atoms with E-state index in [0.717, 1.165) is 10.2 Å². The molecule has 2 rings (SSSR count). The summed E-state index contributed by atoms with van der Waals surface area (Å²) in [5.41, 5.74) is 2.79. The van der Waals surface area contributed by atoms with Gasteiger partial charge in [0.15, 0.2) is 0 Å². The Morgan fingerprint density at radius 1 is 1.62 bits per heavy atom. The number of carbonyl (C=O) groups is 1. The number of hydroxylamine groups is 1. The van der Waals surface area contributed by atoms with E-state index >= 15 is 0 Å². The molecule has 0 atom stereocenters. The number of carbonyl (C=O) groups excluding carboxylic acids is 1. The van der Waals surface area contributed by atoms with Crippen molar-refractivity contribution in [1.82, 2.24) is 10.5 Å². The van der Waals surface area contributed by atoms with Gasteiger partial charge in [-0.1, -0.05) is 0 Å². The van der Waals surface area contributed by atoms with Crippen LogP contribution in [0.2, 0.25) is 0 Å². The zero-order chi connectivity index (χ0) is 11.4. The minimum Gasteiger partial charge on any atom is -0.394 e. The lowest BCUT2D eigenvalue weighted by molar-refractivity contribution is 0.0170. The number of aliphatic hydroxyl groups is 1. The second-order valence-corrected chi connectivity index (χ2v) is 3.87. The molecular formula is C10H10N2O3S. The molecule has 2 heterocycles. The van der Waals surface area contributed by atoms with Gasteiger partial charge >= 0.3 is 0 Å². The number of nitrogens with zero attached hydrogens (tertiary/aromatic N) is 1. The summed E-state index contributed by atoms with van der Waals surface area (Å²) >= 11 is 1.40. The maximum absolute atomic E-state index is 11.7. The van der Waals surface area contributed by atoms with E-state index in [1.807, 2.05) is 6.07 Å². The molecule has 0 bridgehead atoms. The number of hydrogen-bond acceptors (Lipinski definition) is 5. The fourth-order valence-corrected chi connectivity index (χ4v) is 2.15. The highest BCUT2D eigenvalue weighted by molar-refractivity contribution is 7.17. The van der Waals surface area contributed by atoms with E-state index in [0.29, 0.717) is 5.56 Å². The first kappa shape index (κ1) is 11.0. The van der Waals surface area contributed by atoms with Crippen molar-refractivity contribution in [3.05, 3.63) is 29.3 Å². The molecule has 6 heteroatoms. The fourth-order valence-electron chi connectivity index (χ4n) is 1.26. The number of aromatic nitrogens is 1. The highest BCUT2D eigenvalue weighted by atomic mass is 32.1. The summed E-state index contributed by atoms with van der Waals surface area (Å²) in [6.07, 6.45) is 1.68. The van der Waals surface area contributed by atoms with Gasteiger partial charge in [-0.05, 0) is 12.1 Å². The number of hydrogen-bond donors (Lipinski definition) is 2. The van der Waals surface area contributed by atoms with Crippen LogP contribution in [0.3, 0.4) is 0 Å². The summed E-state index contributed by atoms with van der Waals surface area (Å²) in [6, 6.07) is 3.61. The zero-order valence-corrected chi connectivity index (χ0v) is 9.16. The third-order valence-corrected chi connectivity index (χ3v) is 2.85. The van der Waals surface area contributed by atoms with Gasteiger partial charge in [-0.15, -0.1) is 11.3 Å². The van der Waals surface area contributed by atoms with Gasteiger partial charge in [-0.3, -0.25) is 9.63 Å². The molecule has 0 unspecified atom stereocenters. The third-order valence-electron chi connectivity index (χ3n) is 1.95. The summed E-state index contributed by atoms with van der Waals surface area (Å²) < 4.78 is 0. The Kier molecular flexibility index (Phi) is 3.45. The smallest absolute Gasteiger partial charge is 0.276 e. The van der Waals surface area contributed by atoms with Gasteiger partial charge in [0.2, 0.25) is 0 Å². The van der Waals surface area contributed by atoms with Gasteiger partial charge in [0, 0.05) is 17.0 Å². The number of aliphatic hydroxyl groups excluding tert-OH is 1. The summed E-state index contributed by atoms with van der Waals surface area (Å²) in [5.74, 6) is -0.326. The van der Waals surface area contributed by atoms with Gasteiger partial charge < -0.3 is 5.11 Å². The van der Waals surface area contributed by atoms with Gasteiger partial charge in [0.1, 0.15) is 4.83 Å². The molecule has 0 radical (unpaired) electrons. The Morgan fingerprint density at radius 2 is 2.50 bits per heavy atom. The molecule has 0 aliphatic rings. The fraction of sp³-hybridized carbons (Fsp3) is 0.200. The van der Waals surface area contributed by atoms with Crippen molar-refractivity contribution < 1.29 is 14.7 Å². The second-order valence-electron chi connectivity index (χ2n) is 3.01. The monoisotopic (exact) mass is 238 g/mol. The van der Waals surface area contributed by atoms with Crippen LogP contribution in [0.25, 0.3) is 10.2 Å². The molecule has 5 nitrogen and oxygen atoms in total. The van der Waals surface area contributed by atoms with Crippen molar-refractivity contribution in [3.63, 3.8) is 0 Å². The summed E-state index contributed by atoms with van der Waals surface area (Å²) in [6.45, 7) is -0.0573. The molecule has 0 aliphatic carbocycles. The van der Waals surface area contributed by atoms with Crippen LogP contribution < -0.4 is 5.48 Å². The topological polar surface area (TPSA) is 71.5 Å². The van der Waals surface area contributed by atoms with Gasteiger partial charge in [-0.2, -0.15) is 0 Å². The molecule has 2 N–H and O–H groups in total. The second kappa shape index (κ2) is 5.02. The highest BCUT2D eigenvalue weighted by Crippen LogP contribution is 2.23. The first-order chi connectivity index (χ1) is 7.83. The van der Waals surface area contributed by atoms with Crippen LogP contribution in [0.15, 0.2) is 23.7 Å². The Morgan fingerprint density at radius 3 is 3.31 bits per heavy atom. The maximum Gasteiger partial charge on any atom is 0.276 e. The van der Waals surface area contributed by atoms with Crippen LogP contribution in [0.1, 0.15) is 10.4 Å². The van der Waals surface area contributed by atoms with Crippen molar-refractivity contribution in [2.75, 3.05) is 13.2 Å². The van der Waals surface area contributed by atoms with E-state index < -0.39 is 0 Å². The quantitative estimate of drug-likeness (QED) is 0.614. The molecular weight excluding hydrogens is 228 g/mol. The Hall–Kier alpha value is -1.50. The van der Waals surface area contributed by atoms with Crippen LogP contribution in [-0.2, 0) is 4.84 Å². The minimum absolute atomic E-state index is 0.0755. The van der Waals surface area contributed by atoms with E-state index in [1.165, 1.54) is 11.3 Å². The van der Waals surface area contributed by atoms with Gasteiger partial charge in [-0.25, -0.2) is 10.5 Å². The van der Waals surface area contributed by atoms with Crippen molar-refractivity contribution >= 4 is 27.5 Å². The first-order valence-electron chi connectivity index (χ1n) is 4.68. The normalized spacial score (nSPS) is 10.6. The number of nitrogens with one attached hydrogen (secondary N) is 1. The van der Waals surface area contributed by atoms with Crippen LogP contribution >= 0.6 is 11.3 Å². The van der Waals surface area contributed by atoms with E-state index in [2.05, 4.69) is 10.5 Å². The van der Waals surface area contributed by atoms with Crippen LogP contribution in [0.5, 0.6) is 0 Å². The van der Waals surface area contributed by atoms with Crippen LogP contribution in [0.4, 0.5) is 0 Å². The van der Waals surface area contributed by atoms with Gasteiger partial charge in [0.05, 0.1) is 18.8 Å². The largest absolute Gasteiger partial charge is 0.394 e. The molecule has 84 valence electrons. The van der Waals surface area contributed by atoms with Gasteiger partial charge in [0.25, 0.3) is 5.91 Å². The maximum atomic E-state index is 11.7.